The van der Waals surface area contributed by atoms with Crippen LogP contribution in [0.15, 0.2) is 60.7 Å². The van der Waals surface area contributed by atoms with E-state index in [2.05, 4.69) is 67.6 Å². The van der Waals surface area contributed by atoms with Crippen LogP contribution in [0.1, 0.15) is 33.6 Å². The van der Waals surface area contributed by atoms with E-state index in [0.29, 0.717) is 0 Å². The van der Waals surface area contributed by atoms with Crippen molar-refractivity contribution in [2.24, 2.45) is 0 Å². The summed E-state index contributed by atoms with van der Waals surface area (Å²) in [5.74, 6) is 0. The molecular formula is C20H25N2PPd. The van der Waals surface area contributed by atoms with Crippen molar-refractivity contribution in [3.05, 3.63) is 60.7 Å². The number of hydrogen-bond acceptors (Lipinski definition) is 2. The van der Waals surface area contributed by atoms with E-state index >= 15 is 0 Å². The molecule has 0 radical (unpaired) electrons. The largest absolute Gasteiger partial charge is 0.199 e. The number of unbranched alkanes of at least 4 members (excludes halogenated alkanes) is 1. The van der Waals surface area contributed by atoms with Crippen molar-refractivity contribution in [2.45, 2.75) is 33.6 Å². The van der Waals surface area contributed by atoms with Crippen molar-refractivity contribution in [1.82, 2.24) is 0 Å². The summed E-state index contributed by atoms with van der Waals surface area (Å²) in [6.45, 7) is 5.13. The monoisotopic (exact) mass is 430 g/mol. The maximum Gasteiger partial charge on any atom is 0.0587 e. The second kappa shape index (κ2) is 17.9. The first-order valence-electron chi connectivity index (χ1n) is 7.74. The van der Waals surface area contributed by atoms with Crippen LogP contribution in [0, 0.1) is 22.7 Å². The summed E-state index contributed by atoms with van der Waals surface area (Å²) >= 11 is 0. The number of rotatable bonds is 5. The molecule has 0 amide bonds. The second-order valence-electron chi connectivity index (χ2n) is 4.62. The molecule has 130 valence electrons. The van der Waals surface area contributed by atoms with E-state index in [4.69, 9.17) is 10.5 Å². The fourth-order valence-corrected chi connectivity index (χ4v) is 4.45. The molecule has 2 aromatic rings. The molecule has 0 unspecified atom stereocenters. The molecule has 0 heterocycles. The second-order valence-corrected chi connectivity index (χ2v) is 6.96. The van der Waals surface area contributed by atoms with Crippen LogP contribution in [0.3, 0.4) is 0 Å². The fourth-order valence-electron chi connectivity index (χ4n) is 1.94. The van der Waals surface area contributed by atoms with Gasteiger partial charge in [0, 0.05) is 34.3 Å². The minimum atomic E-state index is -0.157. The van der Waals surface area contributed by atoms with E-state index in [1.165, 1.54) is 43.5 Å². The van der Waals surface area contributed by atoms with Crippen LogP contribution < -0.4 is 10.6 Å². The van der Waals surface area contributed by atoms with Crippen molar-refractivity contribution in [1.29, 1.82) is 10.5 Å². The molecule has 2 rings (SSSR count). The molecule has 0 N–H and O–H groups in total. The Hall–Kier alpha value is -1.49. The van der Waals surface area contributed by atoms with Gasteiger partial charge in [0.15, 0.2) is 0 Å². The molecule has 0 aliphatic rings. The Balaban J connectivity index is 0. The number of nitrogens with zero attached hydrogens (tertiary/aromatic N) is 2. The normalized spacial score (nSPS) is 8.25. The average molecular weight is 431 g/mol. The summed E-state index contributed by atoms with van der Waals surface area (Å²) in [6, 6.07) is 25.4. The minimum absolute atomic E-state index is 0. The molecule has 0 spiro atoms. The number of hydrogen-bond donors (Lipinski definition) is 0. The van der Waals surface area contributed by atoms with Gasteiger partial charge < -0.3 is 0 Å². The zero-order chi connectivity index (χ0) is 17.3. The third-order valence-corrected chi connectivity index (χ3v) is 5.48. The van der Waals surface area contributed by atoms with Crippen LogP contribution in [0.25, 0.3) is 0 Å². The molecule has 4 heteroatoms. The van der Waals surface area contributed by atoms with E-state index in [9.17, 15) is 0 Å². The van der Waals surface area contributed by atoms with Crippen molar-refractivity contribution < 1.29 is 20.4 Å². The first-order valence-corrected chi connectivity index (χ1v) is 9.27. The Labute approximate surface area is 161 Å². The first kappa shape index (κ1) is 24.8. The smallest absolute Gasteiger partial charge is 0.0587 e. The molecule has 0 aliphatic carbocycles. The van der Waals surface area contributed by atoms with E-state index in [-0.39, 0.29) is 28.3 Å². The zero-order valence-corrected chi connectivity index (χ0v) is 17.0. The minimum Gasteiger partial charge on any atom is -0.199 e. The van der Waals surface area contributed by atoms with Crippen LogP contribution >= 0.6 is 7.92 Å². The van der Waals surface area contributed by atoms with Gasteiger partial charge in [0.25, 0.3) is 0 Å². The van der Waals surface area contributed by atoms with Gasteiger partial charge in [0.1, 0.15) is 0 Å². The Morgan fingerprint density at radius 2 is 1.12 bits per heavy atom. The summed E-state index contributed by atoms with van der Waals surface area (Å²) in [5, 5.41) is 17.6. The molecular weight excluding hydrogens is 406 g/mol. The summed E-state index contributed by atoms with van der Waals surface area (Å²) in [6.07, 6.45) is 3.90. The number of nitriles is 2. The third kappa shape index (κ3) is 11.1. The van der Waals surface area contributed by atoms with E-state index in [1.54, 1.807) is 12.1 Å². The predicted molar refractivity (Wildman–Crippen MR) is 101 cm³/mol. The van der Waals surface area contributed by atoms with E-state index in [1.807, 2.05) is 0 Å². The molecule has 0 saturated carbocycles. The Morgan fingerprint density at radius 1 is 0.792 bits per heavy atom. The topological polar surface area (TPSA) is 47.6 Å². The Bertz CT molecular complexity index is 537. The van der Waals surface area contributed by atoms with Gasteiger partial charge >= 0.3 is 0 Å². The zero-order valence-electron chi connectivity index (χ0n) is 14.6. The standard InChI is InChI=1S/C16H19P.2C2H3N.Pd/c1-2-3-14-17(15-10-6-4-7-11-15)16-12-8-5-9-13-16;2*1-2-3;/h4-13H,2-3,14H2,1H3;2*1H3;. The summed E-state index contributed by atoms with van der Waals surface area (Å²) in [4.78, 5) is 0. The maximum atomic E-state index is 7.32. The average Bonchev–Trinajstić information content (AvgIpc) is 2.59. The van der Waals surface area contributed by atoms with E-state index in [0.717, 1.165) is 0 Å². The molecule has 0 saturated heterocycles. The van der Waals surface area contributed by atoms with Crippen LogP contribution in [0.4, 0.5) is 0 Å². The molecule has 24 heavy (non-hydrogen) atoms. The van der Waals surface area contributed by atoms with Gasteiger partial charge in [-0.15, -0.1) is 0 Å². The maximum absolute atomic E-state index is 7.32. The van der Waals surface area contributed by atoms with Gasteiger partial charge in [-0.2, -0.15) is 10.5 Å². The quantitative estimate of drug-likeness (QED) is 0.496. The molecule has 2 aromatic carbocycles. The van der Waals surface area contributed by atoms with Crippen molar-refractivity contribution in [3.63, 3.8) is 0 Å². The Kier molecular flexibility index (Phi) is 18.4. The molecule has 0 fully saturated rings. The van der Waals surface area contributed by atoms with Crippen LogP contribution in [-0.4, -0.2) is 6.16 Å². The van der Waals surface area contributed by atoms with Crippen LogP contribution in [-0.2, 0) is 20.4 Å². The molecule has 0 atom stereocenters. The van der Waals surface area contributed by atoms with Gasteiger partial charge in [-0.05, 0) is 31.1 Å². The SMILES string of the molecule is CC#N.CC#N.CCCCP(c1ccccc1)c1ccccc1.[Pd]. The number of benzene rings is 2. The fraction of sp³-hybridized carbons (Fsp3) is 0.300. The first-order chi connectivity index (χ1) is 11.2. The van der Waals surface area contributed by atoms with Gasteiger partial charge in [-0.3, -0.25) is 0 Å². The predicted octanol–water partition coefficient (Wildman–Crippen LogP) is 4.98. The summed E-state index contributed by atoms with van der Waals surface area (Å²) < 4.78 is 0. The van der Waals surface area contributed by atoms with Gasteiger partial charge in [-0.25, -0.2) is 0 Å². The summed E-state index contributed by atoms with van der Waals surface area (Å²) in [5.41, 5.74) is 0. The van der Waals surface area contributed by atoms with Crippen molar-refractivity contribution in [3.8, 4) is 12.1 Å². The molecule has 0 bridgehead atoms. The third-order valence-electron chi connectivity index (χ3n) is 2.87. The van der Waals surface area contributed by atoms with Gasteiger partial charge in [0.2, 0.25) is 0 Å². The molecule has 0 aliphatic heterocycles. The van der Waals surface area contributed by atoms with Crippen molar-refractivity contribution >= 4 is 18.5 Å². The van der Waals surface area contributed by atoms with Crippen LogP contribution in [0.5, 0.6) is 0 Å². The van der Waals surface area contributed by atoms with Crippen LogP contribution in [0.2, 0.25) is 0 Å². The molecule has 2 nitrogen and oxygen atoms in total. The van der Waals surface area contributed by atoms with Crippen molar-refractivity contribution in [2.75, 3.05) is 6.16 Å². The Morgan fingerprint density at radius 3 is 1.42 bits per heavy atom. The molecule has 0 aromatic heterocycles. The summed E-state index contributed by atoms with van der Waals surface area (Å²) in [7, 11) is -0.157. The van der Waals surface area contributed by atoms with Gasteiger partial charge in [-0.1, -0.05) is 74.0 Å². The van der Waals surface area contributed by atoms with Gasteiger partial charge in [0.05, 0.1) is 12.1 Å². The van der Waals surface area contributed by atoms with E-state index < -0.39 is 0 Å².